The molecule has 150 valence electrons. The van der Waals surface area contributed by atoms with Crippen LogP contribution in [0.4, 0.5) is 0 Å². The summed E-state index contributed by atoms with van der Waals surface area (Å²) in [7, 11) is 5.53. The van der Waals surface area contributed by atoms with Gasteiger partial charge in [0, 0.05) is 79.3 Å². The summed E-state index contributed by atoms with van der Waals surface area (Å²) in [6.07, 6.45) is 3.75. The van der Waals surface area contributed by atoms with Crippen LogP contribution in [-0.2, 0) is 16.6 Å². The number of nitrogens with zero attached hydrogens (tertiary/aromatic N) is 6. The third-order valence-corrected chi connectivity index (χ3v) is 5.43. The third kappa shape index (κ3) is 4.85. The Bertz CT molecular complexity index is 652. The van der Waals surface area contributed by atoms with Gasteiger partial charge in [0.2, 0.25) is 11.8 Å². The zero-order valence-corrected chi connectivity index (χ0v) is 16.6. The molecule has 1 atom stereocenters. The molecular weight excluding hydrogens is 346 g/mol. The number of piperazine rings is 2. The molecule has 0 saturated carbocycles. The molecule has 1 aromatic heterocycles. The van der Waals surface area contributed by atoms with Gasteiger partial charge in [0.15, 0.2) is 0 Å². The van der Waals surface area contributed by atoms with E-state index < -0.39 is 0 Å². The lowest BCUT2D eigenvalue weighted by Gasteiger charge is -2.38. The molecule has 1 aromatic rings. The fourth-order valence-corrected chi connectivity index (χ4v) is 3.65. The predicted molar refractivity (Wildman–Crippen MR) is 102 cm³/mol. The van der Waals surface area contributed by atoms with Crippen molar-refractivity contribution in [3.63, 3.8) is 0 Å². The van der Waals surface area contributed by atoms with E-state index in [1.807, 2.05) is 22.7 Å². The van der Waals surface area contributed by atoms with E-state index in [1.54, 1.807) is 25.2 Å². The smallest absolute Gasteiger partial charge is 0.236 e. The highest BCUT2D eigenvalue weighted by atomic mass is 16.2. The number of aromatic nitrogens is 2. The average molecular weight is 377 g/mol. The van der Waals surface area contributed by atoms with Gasteiger partial charge in [-0.05, 0) is 0 Å². The van der Waals surface area contributed by atoms with Crippen molar-refractivity contribution in [1.82, 2.24) is 34.5 Å². The maximum Gasteiger partial charge on any atom is 0.236 e. The van der Waals surface area contributed by atoms with Crippen molar-refractivity contribution >= 4 is 11.8 Å². The number of aryl methyl sites for hydroxylation is 1. The summed E-state index contributed by atoms with van der Waals surface area (Å²) in [6.45, 7) is 6.21. The zero-order chi connectivity index (χ0) is 19.4. The standard InChI is InChI=1S/C18H31N7O2/c1-21(2)16(26)13-23-8-10-24(11-9-23)17(27)14-25-7-4-19-12-15(25)18-20-5-6-22(18)3/h5-6,15,19H,4,7-14H2,1-3H3. The predicted octanol–water partition coefficient (Wildman–Crippen LogP) is -1.40. The monoisotopic (exact) mass is 377 g/mol. The molecule has 9 nitrogen and oxygen atoms in total. The maximum absolute atomic E-state index is 12.8. The highest BCUT2D eigenvalue weighted by molar-refractivity contribution is 5.79. The summed E-state index contributed by atoms with van der Waals surface area (Å²) in [6, 6.07) is 0.113. The van der Waals surface area contributed by atoms with E-state index >= 15 is 0 Å². The summed E-state index contributed by atoms with van der Waals surface area (Å²) in [5.41, 5.74) is 0. The summed E-state index contributed by atoms with van der Waals surface area (Å²) >= 11 is 0. The largest absolute Gasteiger partial charge is 0.348 e. The molecule has 1 N–H and O–H groups in total. The van der Waals surface area contributed by atoms with Gasteiger partial charge in [-0.25, -0.2) is 4.98 Å². The van der Waals surface area contributed by atoms with Crippen LogP contribution in [0.5, 0.6) is 0 Å². The van der Waals surface area contributed by atoms with E-state index in [9.17, 15) is 9.59 Å². The van der Waals surface area contributed by atoms with Crippen molar-refractivity contribution in [3.05, 3.63) is 18.2 Å². The van der Waals surface area contributed by atoms with Gasteiger partial charge >= 0.3 is 0 Å². The van der Waals surface area contributed by atoms with E-state index in [0.29, 0.717) is 26.2 Å². The lowest BCUT2D eigenvalue weighted by Crippen LogP contribution is -2.55. The number of carbonyl (C=O) groups excluding carboxylic acids is 2. The molecule has 3 heterocycles. The summed E-state index contributed by atoms with van der Waals surface area (Å²) in [5.74, 6) is 1.25. The van der Waals surface area contributed by atoms with Crippen molar-refractivity contribution in [1.29, 1.82) is 0 Å². The Morgan fingerprint density at radius 2 is 1.93 bits per heavy atom. The van der Waals surface area contributed by atoms with Crippen molar-refractivity contribution < 1.29 is 9.59 Å². The molecule has 0 spiro atoms. The van der Waals surface area contributed by atoms with Gasteiger partial charge < -0.3 is 19.7 Å². The van der Waals surface area contributed by atoms with Crippen LogP contribution in [0.1, 0.15) is 11.9 Å². The first-order valence-corrected chi connectivity index (χ1v) is 9.58. The second kappa shape index (κ2) is 8.81. The fourth-order valence-electron chi connectivity index (χ4n) is 3.65. The molecule has 2 aliphatic heterocycles. The summed E-state index contributed by atoms with van der Waals surface area (Å²) in [5, 5.41) is 3.40. The Hall–Kier alpha value is -1.97. The van der Waals surface area contributed by atoms with Crippen LogP contribution >= 0.6 is 0 Å². The first-order chi connectivity index (χ1) is 13.0. The van der Waals surface area contributed by atoms with Gasteiger partial charge in [-0.1, -0.05) is 0 Å². The average Bonchev–Trinajstić information content (AvgIpc) is 3.08. The first-order valence-electron chi connectivity index (χ1n) is 9.58. The molecule has 1 unspecified atom stereocenters. The Kier molecular flexibility index (Phi) is 6.46. The summed E-state index contributed by atoms with van der Waals surface area (Å²) < 4.78 is 2.02. The number of imidazole rings is 1. The normalized spacial score (nSPS) is 22.0. The van der Waals surface area contributed by atoms with Crippen molar-refractivity contribution in [2.24, 2.45) is 7.05 Å². The molecule has 27 heavy (non-hydrogen) atoms. The Morgan fingerprint density at radius 3 is 2.56 bits per heavy atom. The molecular formula is C18H31N7O2. The van der Waals surface area contributed by atoms with Gasteiger partial charge in [0.25, 0.3) is 0 Å². The molecule has 2 amide bonds. The first kappa shape index (κ1) is 19.8. The molecule has 3 rings (SSSR count). The minimum absolute atomic E-state index is 0.105. The SMILES string of the molecule is CN(C)C(=O)CN1CCN(C(=O)CN2CCNCC2c2nccn2C)CC1. The zero-order valence-electron chi connectivity index (χ0n) is 16.6. The number of nitrogens with one attached hydrogen (secondary N) is 1. The maximum atomic E-state index is 12.8. The van der Waals surface area contributed by atoms with E-state index in [-0.39, 0.29) is 17.9 Å². The second-order valence-corrected chi connectivity index (χ2v) is 7.53. The minimum atomic E-state index is 0.105. The minimum Gasteiger partial charge on any atom is -0.348 e. The third-order valence-electron chi connectivity index (χ3n) is 5.43. The van der Waals surface area contributed by atoms with Crippen LogP contribution in [0.3, 0.4) is 0 Å². The topological polar surface area (TPSA) is 77.0 Å². The van der Waals surface area contributed by atoms with Crippen LogP contribution in [0, 0.1) is 0 Å². The molecule has 2 fully saturated rings. The van der Waals surface area contributed by atoms with Crippen molar-refractivity contribution in [2.75, 3.05) is 73.0 Å². The van der Waals surface area contributed by atoms with Gasteiger partial charge in [-0.2, -0.15) is 0 Å². The number of hydrogen-bond acceptors (Lipinski definition) is 6. The van der Waals surface area contributed by atoms with Crippen molar-refractivity contribution in [2.45, 2.75) is 6.04 Å². The molecule has 2 saturated heterocycles. The number of rotatable bonds is 5. The lowest BCUT2D eigenvalue weighted by molar-refractivity contribution is -0.136. The van der Waals surface area contributed by atoms with E-state index in [2.05, 4.69) is 20.1 Å². The van der Waals surface area contributed by atoms with Gasteiger partial charge in [0.05, 0.1) is 19.1 Å². The van der Waals surface area contributed by atoms with E-state index in [0.717, 1.165) is 38.5 Å². The van der Waals surface area contributed by atoms with Crippen LogP contribution in [0.2, 0.25) is 0 Å². The van der Waals surface area contributed by atoms with E-state index in [1.165, 1.54) is 0 Å². The van der Waals surface area contributed by atoms with Gasteiger partial charge in [-0.15, -0.1) is 0 Å². The van der Waals surface area contributed by atoms with Crippen LogP contribution in [0.15, 0.2) is 12.4 Å². The molecule has 0 aromatic carbocycles. The van der Waals surface area contributed by atoms with Crippen LogP contribution in [0.25, 0.3) is 0 Å². The quantitative estimate of drug-likeness (QED) is 0.680. The number of likely N-dealkylation sites (N-methyl/N-ethyl adjacent to an activating group) is 1. The number of carbonyl (C=O) groups is 2. The molecule has 9 heteroatoms. The summed E-state index contributed by atoms with van der Waals surface area (Å²) in [4.78, 5) is 37.0. The molecule has 0 bridgehead atoms. The highest BCUT2D eigenvalue weighted by Gasteiger charge is 2.30. The lowest BCUT2D eigenvalue weighted by atomic mass is 10.1. The Balaban J connectivity index is 1.52. The van der Waals surface area contributed by atoms with E-state index in [4.69, 9.17) is 0 Å². The number of hydrogen-bond donors (Lipinski definition) is 1. The Labute approximate surface area is 160 Å². The molecule has 0 radical (unpaired) electrons. The molecule has 0 aliphatic carbocycles. The van der Waals surface area contributed by atoms with Gasteiger partial charge in [0.1, 0.15) is 5.82 Å². The van der Waals surface area contributed by atoms with Crippen LogP contribution < -0.4 is 5.32 Å². The fraction of sp³-hybridized carbons (Fsp3) is 0.722. The van der Waals surface area contributed by atoms with Gasteiger partial charge in [-0.3, -0.25) is 19.4 Å². The number of amides is 2. The van der Waals surface area contributed by atoms with Crippen LogP contribution in [-0.4, -0.2) is 114 Å². The highest BCUT2D eigenvalue weighted by Crippen LogP contribution is 2.20. The second-order valence-electron chi connectivity index (χ2n) is 7.53. The van der Waals surface area contributed by atoms with Crippen molar-refractivity contribution in [3.8, 4) is 0 Å². The Morgan fingerprint density at radius 1 is 1.19 bits per heavy atom. The molecule has 2 aliphatic rings.